The molecule has 0 bridgehead atoms. The van der Waals surface area contributed by atoms with Gasteiger partial charge in [0, 0.05) is 0 Å². The summed E-state index contributed by atoms with van der Waals surface area (Å²) in [5.41, 5.74) is -7.57. The molecule has 1 aromatic carbocycles. The molecule has 0 radical (unpaired) electrons. The van der Waals surface area contributed by atoms with Crippen molar-refractivity contribution in [1.29, 1.82) is 0 Å². The smallest absolute Gasteiger partial charge is 0.476 e. The Kier molecular flexibility index (Phi) is 8.19. The van der Waals surface area contributed by atoms with Crippen molar-refractivity contribution >= 4 is 34.0 Å². The van der Waals surface area contributed by atoms with Gasteiger partial charge in [-0.25, -0.2) is 8.89 Å². The fourth-order valence-corrected chi connectivity index (χ4v) is 3.94. The summed E-state index contributed by atoms with van der Waals surface area (Å²) in [6.45, 7) is 4.37. The van der Waals surface area contributed by atoms with Gasteiger partial charge in [0.25, 0.3) is 0 Å². The first-order chi connectivity index (χ1) is 15.2. The Morgan fingerprint density at radius 2 is 1.73 bits per heavy atom. The number of ether oxygens (including phenoxy) is 1. The second-order valence-corrected chi connectivity index (χ2v) is 8.06. The second kappa shape index (κ2) is 10.1. The van der Waals surface area contributed by atoms with Gasteiger partial charge in [0.05, 0.1) is 34.7 Å². The molecule has 180 valence electrons. The van der Waals surface area contributed by atoms with Crippen LogP contribution < -0.4 is 0 Å². The number of halogens is 8. The summed E-state index contributed by atoms with van der Waals surface area (Å²) in [6, 6.07) is 1.08. The van der Waals surface area contributed by atoms with Gasteiger partial charge in [0.1, 0.15) is 10.6 Å². The second-order valence-electron chi connectivity index (χ2n) is 5.83. The summed E-state index contributed by atoms with van der Waals surface area (Å²) in [7, 11) is -2.00. The minimum Gasteiger partial charge on any atom is -0.505 e. The minimum absolute atomic E-state index is 0.339. The maximum atomic E-state index is 13.1. The summed E-state index contributed by atoms with van der Waals surface area (Å²) in [5, 5.41) is 6.15. The largest absolute Gasteiger partial charge is 0.505 e. The van der Waals surface area contributed by atoms with E-state index in [1.165, 1.54) is 6.26 Å². The van der Waals surface area contributed by atoms with Crippen LogP contribution in [-0.2, 0) is 21.7 Å². The van der Waals surface area contributed by atoms with E-state index >= 15 is 0 Å². The van der Waals surface area contributed by atoms with Crippen LogP contribution in [0.3, 0.4) is 0 Å². The predicted molar refractivity (Wildman–Crippen MR) is 106 cm³/mol. The van der Waals surface area contributed by atoms with Crippen molar-refractivity contribution in [2.24, 2.45) is 0 Å². The molecule has 0 aliphatic heterocycles. The zero-order valence-corrected chi connectivity index (χ0v) is 18.8. The topological polar surface area (TPSA) is 83.0 Å². The lowest BCUT2D eigenvalue weighted by molar-refractivity contribution is -0.137. The van der Waals surface area contributed by atoms with Gasteiger partial charge in [-0.05, 0) is 19.1 Å². The lowest BCUT2D eigenvalue weighted by Gasteiger charge is -2.13. The van der Waals surface area contributed by atoms with Gasteiger partial charge >= 0.3 is 11.7 Å². The first-order valence-corrected chi connectivity index (χ1v) is 10.2. The highest BCUT2D eigenvalue weighted by Gasteiger charge is 2.43. The highest BCUT2D eigenvalue weighted by Crippen LogP contribution is 2.40. The number of hydrogen-bond acceptors (Lipinski definition) is 6. The minimum atomic E-state index is -5.16. The van der Waals surface area contributed by atoms with Crippen LogP contribution in [0.1, 0.15) is 11.3 Å². The fraction of sp³-hybridized carbons (Fsp3) is 0.235. The van der Waals surface area contributed by atoms with Crippen LogP contribution in [0.15, 0.2) is 40.8 Å². The molecule has 0 spiro atoms. The Bertz CT molecular complexity index is 1140. The van der Waals surface area contributed by atoms with E-state index in [4.69, 9.17) is 23.2 Å². The highest BCUT2D eigenvalue weighted by molar-refractivity contribution is 7.86. The fourth-order valence-electron chi connectivity index (χ4n) is 2.40. The number of nitrogens with zero attached hydrogens (tertiary/aromatic N) is 4. The average Bonchev–Trinajstić information content (AvgIpc) is 3.34. The van der Waals surface area contributed by atoms with E-state index in [-0.39, 0.29) is 11.4 Å². The van der Waals surface area contributed by atoms with Crippen molar-refractivity contribution in [1.82, 2.24) is 19.9 Å². The third-order valence-electron chi connectivity index (χ3n) is 3.75. The van der Waals surface area contributed by atoms with Crippen LogP contribution in [0.25, 0.3) is 17.2 Å². The summed E-state index contributed by atoms with van der Waals surface area (Å²) in [6.07, 6.45) is -2.58. The van der Waals surface area contributed by atoms with Gasteiger partial charge in [0.15, 0.2) is 16.5 Å². The molecule has 0 amide bonds. The number of aromatic nitrogens is 4. The van der Waals surface area contributed by atoms with Crippen LogP contribution in [0.2, 0.25) is 10.0 Å². The molecular weight excluding hydrogens is 525 g/mol. The van der Waals surface area contributed by atoms with Gasteiger partial charge in [0.2, 0.25) is 12.2 Å². The van der Waals surface area contributed by atoms with Gasteiger partial charge in [-0.3, -0.25) is 0 Å². The summed E-state index contributed by atoms with van der Waals surface area (Å²) in [5.74, 6) is -0.418. The maximum absolute atomic E-state index is 13.1. The lowest BCUT2D eigenvalue weighted by Crippen LogP contribution is -2.17. The van der Waals surface area contributed by atoms with Crippen molar-refractivity contribution in [2.45, 2.75) is 23.5 Å². The van der Waals surface area contributed by atoms with Gasteiger partial charge in [-0.15, -0.1) is 0 Å². The molecule has 0 aliphatic carbocycles. The van der Waals surface area contributed by atoms with E-state index in [1.54, 1.807) is 7.11 Å². The highest BCUT2D eigenvalue weighted by atomic mass is 35.5. The monoisotopic (exact) mass is 536 g/mol. The van der Waals surface area contributed by atoms with Crippen molar-refractivity contribution in [3.8, 4) is 17.2 Å². The number of alkyl halides is 6. The summed E-state index contributed by atoms with van der Waals surface area (Å²) < 4.78 is 99.7. The van der Waals surface area contributed by atoms with Crippen molar-refractivity contribution < 1.29 is 39.8 Å². The Morgan fingerprint density at radius 3 is 2.12 bits per heavy atom. The summed E-state index contributed by atoms with van der Waals surface area (Å²) >= 11 is 11.8. The first kappa shape index (κ1) is 26.7. The Morgan fingerprint density at radius 1 is 1.18 bits per heavy atom. The van der Waals surface area contributed by atoms with Crippen molar-refractivity contribution in [3.63, 3.8) is 0 Å². The van der Waals surface area contributed by atoms with Crippen LogP contribution in [-0.4, -0.2) is 36.7 Å². The SMILES string of the molecule is C=COC.Cc1c(S(=O)C(F)(F)F)c(-c2ncon2)nn1-c1c(Cl)cc(C(F)(F)F)cc1Cl. The van der Waals surface area contributed by atoms with Gasteiger partial charge in [-0.1, -0.05) is 34.9 Å². The van der Waals surface area contributed by atoms with Crippen LogP contribution in [0, 0.1) is 6.92 Å². The van der Waals surface area contributed by atoms with E-state index in [0.717, 1.165) is 18.0 Å². The van der Waals surface area contributed by atoms with Crippen molar-refractivity contribution in [2.75, 3.05) is 7.11 Å². The van der Waals surface area contributed by atoms with E-state index in [0.29, 0.717) is 12.1 Å². The van der Waals surface area contributed by atoms with E-state index < -0.39 is 54.5 Å². The average molecular weight is 537 g/mol. The molecule has 1 unspecified atom stereocenters. The molecule has 2 aromatic heterocycles. The molecule has 0 saturated heterocycles. The van der Waals surface area contributed by atoms with E-state index in [2.05, 4.69) is 31.1 Å². The predicted octanol–water partition coefficient (Wildman–Crippen LogP) is 5.96. The molecule has 0 aliphatic rings. The molecule has 3 aromatic rings. The Labute approximate surface area is 194 Å². The standard InChI is InChI=1S/C14H6Cl2F6N4O2S.C3H6O/c1-5-11(29(27)14(20,21)22)9(12-23-4-28-25-12)24-26(5)10-7(15)2-6(3-8(10)16)13(17,18)19;1-3-4-2/h2-4H,1H3;3H,1H2,2H3. The third kappa shape index (κ3) is 5.86. The number of hydrogen-bond donors (Lipinski definition) is 0. The molecule has 0 saturated carbocycles. The molecule has 1 atom stereocenters. The van der Waals surface area contributed by atoms with Gasteiger partial charge in [-0.2, -0.15) is 36.4 Å². The molecule has 33 heavy (non-hydrogen) atoms. The quantitative estimate of drug-likeness (QED) is 0.302. The third-order valence-corrected chi connectivity index (χ3v) is 5.61. The molecule has 2 heterocycles. The lowest BCUT2D eigenvalue weighted by atomic mass is 10.2. The number of benzene rings is 1. The zero-order chi connectivity index (χ0) is 25.1. The Hall–Kier alpha value is -2.58. The zero-order valence-electron chi connectivity index (χ0n) is 16.5. The van der Waals surface area contributed by atoms with E-state index in [1.807, 2.05) is 0 Å². The molecule has 0 fully saturated rings. The molecule has 0 N–H and O–H groups in total. The van der Waals surface area contributed by atoms with Crippen LogP contribution in [0.5, 0.6) is 0 Å². The molecule has 7 nitrogen and oxygen atoms in total. The maximum Gasteiger partial charge on any atom is 0.476 e. The number of rotatable bonds is 4. The van der Waals surface area contributed by atoms with Crippen molar-refractivity contribution in [3.05, 3.63) is 52.7 Å². The molecule has 3 rings (SSSR count). The van der Waals surface area contributed by atoms with Crippen LogP contribution >= 0.6 is 23.2 Å². The van der Waals surface area contributed by atoms with Crippen LogP contribution in [0.4, 0.5) is 26.3 Å². The summed E-state index contributed by atoms with van der Waals surface area (Å²) in [4.78, 5) is 2.77. The molecular formula is C17H12Cl2F6N4O3S. The van der Waals surface area contributed by atoms with Gasteiger partial charge < -0.3 is 9.26 Å². The first-order valence-electron chi connectivity index (χ1n) is 8.29. The normalized spacial score (nSPS) is 12.7. The van der Waals surface area contributed by atoms with E-state index in [9.17, 15) is 30.6 Å². The number of methoxy groups -OCH3 is 1. The molecule has 16 heteroatoms. The Balaban J connectivity index is 0.000000890.